The summed E-state index contributed by atoms with van der Waals surface area (Å²) >= 11 is 8.37. The topological polar surface area (TPSA) is 268 Å². The minimum absolute atomic E-state index is 0.0164. The molecule has 3 aliphatic rings. The molecule has 44 heavy (non-hydrogen) atoms. The number of nitrogens with two attached hydrogens (primary N) is 2. The Morgan fingerprint density at radius 1 is 1.00 bits per heavy atom. The SMILES string of the molecule is Nc1nc2c(nnn2[C@@H]2O[C@@H]3CO[P+](O)(S)O[C@H]4[C@H](F)[C@H](n5cnc6c(N)ncnc65)O[C@@H]4CO[P+](O)(S)O[C@@H]2C3)c(=O)[nH]1. The van der Waals surface area contributed by atoms with Crippen LogP contribution in [0.5, 0.6) is 0 Å². The van der Waals surface area contributed by atoms with Crippen molar-refractivity contribution in [2.75, 3.05) is 24.7 Å². The molecule has 4 aromatic rings. The fraction of sp³-hybridized carbons (Fsp3) is 0.526. The number of aromatic amines is 1. The summed E-state index contributed by atoms with van der Waals surface area (Å²) in [4.78, 5) is 52.9. The predicted molar refractivity (Wildman–Crippen MR) is 155 cm³/mol. The van der Waals surface area contributed by atoms with Crippen molar-refractivity contribution < 1.29 is 41.7 Å². The van der Waals surface area contributed by atoms with Gasteiger partial charge in [-0.15, -0.1) is 5.10 Å². The van der Waals surface area contributed by atoms with E-state index in [4.69, 9.17) is 39.0 Å². The third kappa shape index (κ3) is 5.50. The number of ether oxygens (including phenoxy) is 2. The molecule has 0 radical (unpaired) electrons. The highest BCUT2D eigenvalue weighted by Gasteiger charge is 2.58. The van der Waals surface area contributed by atoms with Crippen LogP contribution in [0, 0.1) is 0 Å². The summed E-state index contributed by atoms with van der Waals surface area (Å²) in [6, 6.07) is 0. The van der Waals surface area contributed by atoms with E-state index in [0.29, 0.717) is 0 Å². The zero-order valence-corrected chi connectivity index (χ0v) is 25.5. The van der Waals surface area contributed by atoms with Crippen LogP contribution in [0.15, 0.2) is 17.4 Å². The Labute approximate surface area is 256 Å². The van der Waals surface area contributed by atoms with Crippen LogP contribution in [-0.4, -0.2) is 98.1 Å². The second-order valence-corrected chi connectivity index (χ2v) is 15.9. The van der Waals surface area contributed by atoms with E-state index >= 15 is 4.39 Å². The van der Waals surface area contributed by atoms with Crippen LogP contribution >= 0.6 is 38.8 Å². The van der Waals surface area contributed by atoms with Crippen molar-refractivity contribution in [2.24, 2.45) is 0 Å². The van der Waals surface area contributed by atoms with Gasteiger partial charge in [-0.25, -0.2) is 19.3 Å². The van der Waals surface area contributed by atoms with Gasteiger partial charge in [-0.1, -0.05) is 5.21 Å². The molecule has 0 amide bonds. The molecule has 7 heterocycles. The molecular formula is C19H24FN11O9P2S2+2. The van der Waals surface area contributed by atoms with Crippen molar-refractivity contribution in [1.82, 2.24) is 44.5 Å². The lowest BCUT2D eigenvalue weighted by molar-refractivity contribution is -0.0643. The molecule has 2 bridgehead atoms. The lowest BCUT2D eigenvalue weighted by Gasteiger charge is -2.23. The number of nitrogens with zero attached hydrogens (tertiary/aromatic N) is 8. The molecule has 3 saturated heterocycles. The molecule has 0 aliphatic carbocycles. The number of thiol groups is 2. The summed E-state index contributed by atoms with van der Waals surface area (Å²) in [7, 11) is -8.00. The molecule has 0 saturated carbocycles. The third-order valence-corrected chi connectivity index (χ3v) is 10.3. The average molecular weight is 696 g/mol. The Balaban J connectivity index is 1.18. The van der Waals surface area contributed by atoms with Crippen LogP contribution in [0.4, 0.5) is 16.2 Å². The van der Waals surface area contributed by atoms with Gasteiger partial charge in [0, 0.05) is 6.42 Å². The quantitative estimate of drug-likeness (QED) is 0.108. The van der Waals surface area contributed by atoms with Crippen LogP contribution in [-0.2, 0) is 27.6 Å². The fourth-order valence-electron chi connectivity index (χ4n) is 5.14. The second kappa shape index (κ2) is 11.1. The third-order valence-electron chi connectivity index (χ3n) is 7.03. The number of imidazole rings is 1. The number of nitrogens with one attached hydrogen (secondary N) is 1. The summed E-state index contributed by atoms with van der Waals surface area (Å²) < 4.78 is 53.2. The standard InChI is InChI=1S/C19H23FN11O9P2S2/c20-9-12-8(38-18(9)30-5-25-10-13(21)23-4-24-14(10)30)3-36-41(33,43)39-7-1-6(2-35-42(34,44)40-12)37-17(7)31-15-11(28-29-31)16(32)27-19(22)26-15/h4-9,12,17-18,33-34,43-44H,1-3H2,(H4-,21,22,23,24,26,27,29,32)/q+1/p+1/t6-,7+,8+,9-,12+,17+,18+,41?,42?/m0/s1. The van der Waals surface area contributed by atoms with E-state index in [1.54, 1.807) is 0 Å². The van der Waals surface area contributed by atoms with E-state index in [1.807, 2.05) is 0 Å². The van der Waals surface area contributed by atoms with Crippen LogP contribution < -0.4 is 17.0 Å². The van der Waals surface area contributed by atoms with Crippen molar-refractivity contribution >= 4 is 72.9 Å². The maximum Gasteiger partial charge on any atom is 0.476 e. The minimum atomic E-state index is -4.02. The largest absolute Gasteiger partial charge is 0.476 e. The van der Waals surface area contributed by atoms with Gasteiger partial charge in [-0.05, 0) is 0 Å². The number of alkyl halides is 1. The van der Waals surface area contributed by atoms with Gasteiger partial charge in [0.25, 0.3) is 5.56 Å². The Morgan fingerprint density at radius 2 is 1.77 bits per heavy atom. The highest BCUT2D eigenvalue weighted by Crippen LogP contribution is 2.67. The summed E-state index contributed by atoms with van der Waals surface area (Å²) in [5.41, 5.74) is 11.2. The molecule has 7 N–H and O–H groups in total. The maximum atomic E-state index is 16.0. The number of H-pyrrole nitrogens is 1. The van der Waals surface area contributed by atoms with E-state index in [1.165, 1.54) is 17.2 Å². The van der Waals surface area contributed by atoms with Crippen molar-refractivity contribution in [3.05, 3.63) is 23.0 Å². The van der Waals surface area contributed by atoms with E-state index in [0.717, 1.165) is 4.68 Å². The summed E-state index contributed by atoms with van der Waals surface area (Å²) in [6.45, 7) is -0.813. The predicted octanol–water partition coefficient (Wildman–Crippen LogP) is 0.0585. The number of rotatable bonds is 2. The molecule has 236 valence electrons. The molecular weight excluding hydrogens is 671 g/mol. The highest BCUT2D eigenvalue weighted by atomic mass is 32.7. The van der Waals surface area contributed by atoms with E-state index in [-0.39, 0.29) is 47.1 Å². The molecule has 25 heteroatoms. The number of halogens is 1. The molecule has 7 rings (SSSR count). The Bertz CT molecular complexity index is 1780. The highest BCUT2D eigenvalue weighted by molar-refractivity contribution is 8.47. The van der Waals surface area contributed by atoms with Crippen LogP contribution in [0.2, 0.25) is 0 Å². The Morgan fingerprint density at radius 3 is 2.59 bits per heavy atom. The van der Waals surface area contributed by atoms with Gasteiger partial charge in [0.05, 0.1) is 36.9 Å². The number of hydrogen-bond donors (Lipinski definition) is 7. The van der Waals surface area contributed by atoms with Gasteiger partial charge in [-0.2, -0.15) is 37.5 Å². The van der Waals surface area contributed by atoms with Gasteiger partial charge in [0.2, 0.25) is 5.95 Å². The van der Waals surface area contributed by atoms with Crippen molar-refractivity contribution in [3.63, 3.8) is 0 Å². The Hall–Kier alpha value is -2.40. The van der Waals surface area contributed by atoms with Crippen molar-refractivity contribution in [3.8, 4) is 0 Å². The minimum Gasteiger partial charge on any atom is -0.382 e. The van der Waals surface area contributed by atoms with Crippen molar-refractivity contribution in [2.45, 2.75) is 49.5 Å². The number of fused-ring (bicyclic) bond motifs is 5. The molecule has 3 fully saturated rings. The monoisotopic (exact) mass is 695 g/mol. The van der Waals surface area contributed by atoms with Gasteiger partial charge in [-0.3, -0.25) is 14.3 Å². The first kappa shape index (κ1) is 30.3. The lowest BCUT2D eigenvalue weighted by atomic mass is 10.1. The van der Waals surface area contributed by atoms with Crippen LogP contribution in [0.1, 0.15) is 18.9 Å². The first-order chi connectivity index (χ1) is 20.9. The zero-order chi connectivity index (χ0) is 31.0. The number of hydrogen-bond acceptors (Lipinski definition) is 19. The molecule has 0 spiro atoms. The Kier molecular flexibility index (Phi) is 7.66. The lowest BCUT2D eigenvalue weighted by Crippen LogP contribution is -2.34. The zero-order valence-electron chi connectivity index (χ0n) is 22.0. The average Bonchev–Trinajstić information content (AvgIpc) is 3.72. The molecule has 2 unspecified atom stereocenters. The van der Waals surface area contributed by atoms with Crippen LogP contribution in [0.3, 0.4) is 0 Å². The number of nitrogen functional groups attached to an aromatic ring is 2. The van der Waals surface area contributed by atoms with Gasteiger partial charge in [0.15, 0.2) is 53.5 Å². The molecule has 3 aliphatic heterocycles. The maximum absolute atomic E-state index is 16.0. The summed E-state index contributed by atoms with van der Waals surface area (Å²) in [5.74, 6) is -0.113. The normalized spacial score (nSPS) is 36.6. The van der Waals surface area contributed by atoms with Crippen LogP contribution in [0.25, 0.3) is 22.3 Å². The van der Waals surface area contributed by atoms with Crippen molar-refractivity contribution in [1.29, 1.82) is 0 Å². The number of anilines is 2. The summed E-state index contributed by atoms with van der Waals surface area (Å²) in [5, 5.41) is 7.81. The molecule has 4 aromatic heterocycles. The van der Waals surface area contributed by atoms with E-state index in [9.17, 15) is 14.6 Å². The van der Waals surface area contributed by atoms with Gasteiger partial charge >= 0.3 is 14.3 Å². The molecule has 0 aromatic carbocycles. The van der Waals surface area contributed by atoms with Gasteiger partial charge in [0.1, 0.15) is 31.2 Å². The van der Waals surface area contributed by atoms with Gasteiger partial charge < -0.3 is 20.9 Å². The smallest absolute Gasteiger partial charge is 0.382 e. The summed E-state index contributed by atoms with van der Waals surface area (Å²) in [6.07, 6.45) is -6.46. The molecule has 9 atom stereocenters. The second-order valence-electron chi connectivity index (χ2n) is 9.92. The number of aromatic nitrogens is 9. The first-order valence-corrected chi connectivity index (χ1v) is 18.2. The fourth-order valence-corrected chi connectivity index (χ4v) is 8.17. The van der Waals surface area contributed by atoms with E-state index in [2.05, 4.69) is 59.7 Å². The van der Waals surface area contributed by atoms with E-state index < -0.39 is 69.5 Å². The molecule has 20 nitrogen and oxygen atoms in total. The first-order valence-electron chi connectivity index (χ1n) is 12.7.